The average Bonchev–Trinajstić information content (AvgIpc) is 2.46. The summed E-state index contributed by atoms with van der Waals surface area (Å²) in [4.78, 5) is 11.3. The Morgan fingerprint density at radius 3 is 2.42 bits per heavy atom. The number of rotatable bonds is 5. The van der Waals surface area contributed by atoms with Crippen LogP contribution in [-0.2, 0) is 13.1 Å². The van der Waals surface area contributed by atoms with Gasteiger partial charge in [0.2, 0.25) is 0 Å². The maximum absolute atomic E-state index is 11.3. The quantitative estimate of drug-likeness (QED) is 0.806. The summed E-state index contributed by atoms with van der Waals surface area (Å²) in [5, 5.41) is 3.31. The number of Topliss-reactive ketones (excluding diaryl/α,β-unsaturated/α-hetero) is 1. The Balaban J connectivity index is 2.01. The van der Waals surface area contributed by atoms with Gasteiger partial charge in [0.15, 0.2) is 5.78 Å². The molecule has 0 atom stereocenters. The molecule has 0 aliphatic heterocycles. The highest BCUT2D eigenvalue weighted by Gasteiger charge is 2.00. The molecular weight excluding hydrogens is 236 g/mol. The molecule has 0 saturated carbocycles. The van der Waals surface area contributed by atoms with Crippen LogP contribution in [0.5, 0.6) is 0 Å². The molecule has 0 radical (unpaired) electrons. The van der Waals surface area contributed by atoms with Gasteiger partial charge < -0.3 is 11.1 Å². The van der Waals surface area contributed by atoms with Crippen LogP contribution in [0.2, 0.25) is 0 Å². The Hall–Kier alpha value is -2.13. The predicted octanol–water partition coefficient (Wildman–Crippen LogP) is 2.96. The second-order valence-electron chi connectivity index (χ2n) is 4.51. The monoisotopic (exact) mass is 254 g/mol. The average molecular weight is 254 g/mol. The first-order chi connectivity index (χ1) is 9.19. The van der Waals surface area contributed by atoms with Crippen LogP contribution in [0.4, 0.5) is 5.69 Å². The summed E-state index contributed by atoms with van der Waals surface area (Å²) in [7, 11) is 0. The van der Waals surface area contributed by atoms with Crippen molar-refractivity contribution in [1.82, 2.24) is 0 Å². The number of ketones is 1. The van der Waals surface area contributed by atoms with Gasteiger partial charge in [0.05, 0.1) is 0 Å². The molecule has 19 heavy (non-hydrogen) atoms. The molecule has 3 N–H and O–H groups in total. The molecule has 0 heterocycles. The van der Waals surface area contributed by atoms with Crippen molar-refractivity contribution in [3.8, 4) is 0 Å². The number of hydrogen-bond donors (Lipinski definition) is 2. The Morgan fingerprint density at radius 2 is 1.79 bits per heavy atom. The fourth-order valence-electron chi connectivity index (χ4n) is 1.85. The Labute approximate surface area is 113 Å². The van der Waals surface area contributed by atoms with Crippen LogP contribution in [0.15, 0.2) is 48.5 Å². The van der Waals surface area contributed by atoms with Gasteiger partial charge in [-0.2, -0.15) is 0 Å². The van der Waals surface area contributed by atoms with Crippen molar-refractivity contribution in [2.75, 3.05) is 5.32 Å². The van der Waals surface area contributed by atoms with E-state index in [1.807, 2.05) is 36.4 Å². The number of nitrogens with one attached hydrogen (secondary N) is 1. The lowest BCUT2D eigenvalue weighted by molar-refractivity contribution is 0.101. The molecule has 0 aromatic heterocycles. The third-order valence-electron chi connectivity index (χ3n) is 3.02. The second-order valence-corrected chi connectivity index (χ2v) is 4.51. The molecule has 2 aromatic rings. The van der Waals surface area contributed by atoms with Crippen LogP contribution < -0.4 is 11.1 Å². The highest BCUT2D eigenvalue weighted by Crippen LogP contribution is 2.13. The number of carbonyl (C=O) groups excluding carboxylic acids is 1. The number of benzene rings is 2. The van der Waals surface area contributed by atoms with E-state index in [0.717, 1.165) is 23.4 Å². The minimum atomic E-state index is 0.0796. The van der Waals surface area contributed by atoms with E-state index in [1.165, 1.54) is 5.56 Å². The molecule has 0 aliphatic carbocycles. The summed E-state index contributed by atoms with van der Waals surface area (Å²) in [6.07, 6.45) is 0. The van der Waals surface area contributed by atoms with Gasteiger partial charge in [-0.1, -0.05) is 36.4 Å². The molecule has 2 rings (SSSR count). The van der Waals surface area contributed by atoms with E-state index in [0.29, 0.717) is 6.54 Å². The fourth-order valence-corrected chi connectivity index (χ4v) is 1.85. The summed E-state index contributed by atoms with van der Waals surface area (Å²) in [6, 6.07) is 15.7. The molecule has 98 valence electrons. The van der Waals surface area contributed by atoms with E-state index in [1.54, 1.807) is 6.92 Å². The number of anilines is 1. The SMILES string of the molecule is CC(=O)c1cccc(NCc2ccc(CN)cc2)c1. The van der Waals surface area contributed by atoms with Gasteiger partial charge >= 0.3 is 0 Å². The van der Waals surface area contributed by atoms with E-state index in [4.69, 9.17) is 5.73 Å². The van der Waals surface area contributed by atoms with Crippen molar-refractivity contribution in [2.45, 2.75) is 20.0 Å². The summed E-state index contributed by atoms with van der Waals surface area (Å²) in [5.74, 6) is 0.0796. The zero-order valence-corrected chi connectivity index (χ0v) is 11.0. The van der Waals surface area contributed by atoms with Gasteiger partial charge in [0, 0.05) is 24.3 Å². The molecule has 0 saturated heterocycles. The zero-order chi connectivity index (χ0) is 13.7. The lowest BCUT2D eigenvalue weighted by Gasteiger charge is -2.08. The third-order valence-corrected chi connectivity index (χ3v) is 3.02. The second kappa shape index (κ2) is 6.16. The first-order valence-corrected chi connectivity index (χ1v) is 6.32. The van der Waals surface area contributed by atoms with Gasteiger partial charge in [-0.05, 0) is 30.2 Å². The zero-order valence-electron chi connectivity index (χ0n) is 11.0. The van der Waals surface area contributed by atoms with Crippen LogP contribution >= 0.6 is 0 Å². The van der Waals surface area contributed by atoms with E-state index in [-0.39, 0.29) is 5.78 Å². The number of carbonyl (C=O) groups is 1. The van der Waals surface area contributed by atoms with Gasteiger partial charge in [0.1, 0.15) is 0 Å². The largest absolute Gasteiger partial charge is 0.381 e. The minimum absolute atomic E-state index is 0.0796. The van der Waals surface area contributed by atoms with Crippen LogP contribution in [-0.4, -0.2) is 5.78 Å². The van der Waals surface area contributed by atoms with Crippen LogP contribution in [0.25, 0.3) is 0 Å². The summed E-state index contributed by atoms with van der Waals surface area (Å²) in [6.45, 7) is 2.87. The van der Waals surface area contributed by atoms with E-state index in [9.17, 15) is 4.79 Å². The van der Waals surface area contributed by atoms with E-state index >= 15 is 0 Å². The number of nitrogens with two attached hydrogens (primary N) is 1. The van der Waals surface area contributed by atoms with Crippen LogP contribution in [0.3, 0.4) is 0 Å². The molecule has 3 heteroatoms. The number of hydrogen-bond acceptors (Lipinski definition) is 3. The maximum atomic E-state index is 11.3. The van der Waals surface area contributed by atoms with Crippen molar-refractivity contribution in [2.24, 2.45) is 5.73 Å². The lowest BCUT2D eigenvalue weighted by atomic mass is 10.1. The molecule has 2 aromatic carbocycles. The van der Waals surface area contributed by atoms with Crippen LogP contribution in [0, 0.1) is 0 Å². The van der Waals surface area contributed by atoms with Crippen molar-refractivity contribution >= 4 is 11.5 Å². The standard InChI is InChI=1S/C16H18N2O/c1-12(19)15-3-2-4-16(9-15)18-11-14-7-5-13(10-17)6-8-14/h2-9,18H,10-11,17H2,1H3. The highest BCUT2D eigenvalue weighted by atomic mass is 16.1. The maximum Gasteiger partial charge on any atom is 0.159 e. The van der Waals surface area contributed by atoms with Gasteiger partial charge in [0.25, 0.3) is 0 Å². The molecular formula is C16H18N2O. The van der Waals surface area contributed by atoms with E-state index < -0.39 is 0 Å². The van der Waals surface area contributed by atoms with E-state index in [2.05, 4.69) is 17.4 Å². The Bertz CT molecular complexity index is 561. The first-order valence-electron chi connectivity index (χ1n) is 6.32. The smallest absolute Gasteiger partial charge is 0.159 e. The Morgan fingerprint density at radius 1 is 1.11 bits per heavy atom. The van der Waals surface area contributed by atoms with Crippen molar-refractivity contribution in [1.29, 1.82) is 0 Å². The molecule has 0 aliphatic rings. The van der Waals surface area contributed by atoms with Gasteiger partial charge in [-0.15, -0.1) is 0 Å². The van der Waals surface area contributed by atoms with Crippen LogP contribution in [0.1, 0.15) is 28.4 Å². The fraction of sp³-hybridized carbons (Fsp3) is 0.188. The lowest BCUT2D eigenvalue weighted by Crippen LogP contribution is -2.02. The topological polar surface area (TPSA) is 55.1 Å². The molecule has 3 nitrogen and oxygen atoms in total. The normalized spacial score (nSPS) is 10.2. The molecule has 0 fully saturated rings. The predicted molar refractivity (Wildman–Crippen MR) is 78.1 cm³/mol. The van der Waals surface area contributed by atoms with Gasteiger partial charge in [-0.25, -0.2) is 0 Å². The highest BCUT2D eigenvalue weighted by molar-refractivity contribution is 5.94. The minimum Gasteiger partial charge on any atom is -0.381 e. The third kappa shape index (κ3) is 3.66. The summed E-state index contributed by atoms with van der Waals surface area (Å²) >= 11 is 0. The molecule has 0 amide bonds. The summed E-state index contributed by atoms with van der Waals surface area (Å²) in [5.41, 5.74) is 9.55. The van der Waals surface area contributed by atoms with Gasteiger partial charge in [-0.3, -0.25) is 4.79 Å². The molecule has 0 bridgehead atoms. The summed E-state index contributed by atoms with van der Waals surface area (Å²) < 4.78 is 0. The molecule has 0 unspecified atom stereocenters. The van der Waals surface area contributed by atoms with Crippen molar-refractivity contribution in [3.05, 3.63) is 65.2 Å². The Kier molecular flexibility index (Phi) is 4.31. The van der Waals surface area contributed by atoms with Crippen molar-refractivity contribution < 1.29 is 4.79 Å². The first kappa shape index (κ1) is 13.3. The molecule has 0 spiro atoms. The van der Waals surface area contributed by atoms with Crippen molar-refractivity contribution in [3.63, 3.8) is 0 Å².